The molecule has 0 aromatic heterocycles. The number of carbonyl (C=O) groups excluding carboxylic acids is 1. The highest BCUT2D eigenvalue weighted by molar-refractivity contribution is 5.95. The molecule has 1 rings (SSSR count). The van der Waals surface area contributed by atoms with Gasteiger partial charge in [0.25, 0.3) is 0 Å². The van der Waals surface area contributed by atoms with Crippen LogP contribution < -0.4 is 11.1 Å². The zero-order valence-corrected chi connectivity index (χ0v) is 13.0. The van der Waals surface area contributed by atoms with Gasteiger partial charge >= 0.3 is 12.1 Å². The molecule has 134 valence electrons. The van der Waals surface area contributed by atoms with Gasteiger partial charge in [0.1, 0.15) is 5.82 Å². The van der Waals surface area contributed by atoms with E-state index in [9.17, 15) is 27.2 Å². The maximum absolute atomic E-state index is 13.7. The summed E-state index contributed by atoms with van der Waals surface area (Å²) in [5.41, 5.74) is 5.34. The zero-order valence-electron chi connectivity index (χ0n) is 13.0. The molecular formula is C15H18F4N2O3. The van der Waals surface area contributed by atoms with Crippen LogP contribution in [-0.2, 0) is 16.0 Å². The second-order valence-corrected chi connectivity index (χ2v) is 5.60. The van der Waals surface area contributed by atoms with E-state index in [0.29, 0.717) is 5.56 Å². The van der Waals surface area contributed by atoms with Crippen LogP contribution in [0.25, 0.3) is 0 Å². The molecule has 1 unspecified atom stereocenters. The predicted molar refractivity (Wildman–Crippen MR) is 78.7 cm³/mol. The van der Waals surface area contributed by atoms with Gasteiger partial charge in [0.05, 0.1) is 23.6 Å². The maximum Gasteiger partial charge on any atom is 0.393 e. The molecule has 0 bridgehead atoms. The average Bonchev–Trinajstić information content (AvgIpc) is 2.47. The molecular weight excluding hydrogens is 332 g/mol. The lowest BCUT2D eigenvalue weighted by Crippen LogP contribution is -2.46. The van der Waals surface area contributed by atoms with Gasteiger partial charge in [0.15, 0.2) is 0 Å². The van der Waals surface area contributed by atoms with Crippen LogP contribution in [0, 0.1) is 17.7 Å². The van der Waals surface area contributed by atoms with Crippen molar-refractivity contribution < 1.29 is 32.3 Å². The summed E-state index contributed by atoms with van der Waals surface area (Å²) in [7, 11) is 0. The van der Waals surface area contributed by atoms with Gasteiger partial charge in [-0.15, -0.1) is 0 Å². The summed E-state index contributed by atoms with van der Waals surface area (Å²) in [5.74, 6) is -5.93. The first-order valence-corrected chi connectivity index (χ1v) is 7.08. The number of nitrogens with two attached hydrogens (primary N) is 1. The molecule has 4 N–H and O–H groups in total. The summed E-state index contributed by atoms with van der Waals surface area (Å²) >= 11 is 0. The van der Waals surface area contributed by atoms with E-state index in [0.717, 1.165) is 13.0 Å². The first-order chi connectivity index (χ1) is 10.9. The molecule has 0 saturated carbocycles. The van der Waals surface area contributed by atoms with E-state index in [1.54, 1.807) is 0 Å². The smallest absolute Gasteiger partial charge is 0.393 e. The maximum atomic E-state index is 13.7. The van der Waals surface area contributed by atoms with Crippen LogP contribution in [0.4, 0.5) is 23.2 Å². The van der Waals surface area contributed by atoms with Crippen molar-refractivity contribution in [1.29, 1.82) is 0 Å². The number of rotatable bonds is 6. The Balaban J connectivity index is 2.90. The Morgan fingerprint density at radius 3 is 2.38 bits per heavy atom. The van der Waals surface area contributed by atoms with Gasteiger partial charge < -0.3 is 16.2 Å². The van der Waals surface area contributed by atoms with E-state index in [-0.39, 0.29) is 12.1 Å². The molecule has 0 fully saturated rings. The predicted octanol–water partition coefficient (Wildman–Crippen LogP) is 2.55. The van der Waals surface area contributed by atoms with Crippen LogP contribution in [0.15, 0.2) is 18.2 Å². The minimum atomic E-state index is -4.66. The van der Waals surface area contributed by atoms with E-state index >= 15 is 0 Å². The Kier molecular flexibility index (Phi) is 6.30. The van der Waals surface area contributed by atoms with E-state index in [1.165, 1.54) is 19.1 Å². The highest BCUT2D eigenvalue weighted by Crippen LogP contribution is 2.28. The lowest BCUT2D eigenvalue weighted by molar-refractivity contribution is -0.176. The number of amides is 1. The van der Waals surface area contributed by atoms with Crippen LogP contribution in [0.2, 0.25) is 0 Å². The van der Waals surface area contributed by atoms with Crippen molar-refractivity contribution in [3.63, 3.8) is 0 Å². The topological polar surface area (TPSA) is 92.4 Å². The number of carboxylic acid groups (broad SMARTS) is 1. The molecule has 0 aliphatic rings. The van der Waals surface area contributed by atoms with Crippen LogP contribution >= 0.6 is 0 Å². The van der Waals surface area contributed by atoms with E-state index in [2.05, 4.69) is 0 Å². The standard InChI is InChI=1S/C15H18F4N2O3/c1-7(14(23)24)5-9-3-4-10(16)11(6-9)21-13(22)12(20)8(2)15(17,18)19/h3-4,6-8,12H,5,20H2,1-2H3,(H,21,22)(H,23,24)/t7-,8?,12-/m0/s1. The third kappa shape index (κ3) is 5.19. The second-order valence-electron chi connectivity index (χ2n) is 5.60. The summed E-state index contributed by atoms with van der Waals surface area (Å²) in [6, 6.07) is 1.62. The molecule has 0 aliphatic heterocycles. The van der Waals surface area contributed by atoms with Crippen molar-refractivity contribution in [3.05, 3.63) is 29.6 Å². The first kappa shape index (κ1) is 19.9. The minimum Gasteiger partial charge on any atom is -0.481 e. The van der Waals surface area contributed by atoms with Gasteiger partial charge in [0, 0.05) is 0 Å². The van der Waals surface area contributed by atoms with Crippen LogP contribution in [0.1, 0.15) is 19.4 Å². The van der Waals surface area contributed by atoms with E-state index < -0.39 is 41.7 Å². The lowest BCUT2D eigenvalue weighted by Gasteiger charge is -2.22. The number of hydrogen-bond acceptors (Lipinski definition) is 3. The summed E-state index contributed by atoms with van der Waals surface area (Å²) in [6.45, 7) is 2.20. The second kappa shape index (κ2) is 7.61. The first-order valence-electron chi connectivity index (χ1n) is 7.08. The fourth-order valence-electron chi connectivity index (χ4n) is 1.88. The summed E-state index contributed by atoms with van der Waals surface area (Å²) < 4.78 is 51.4. The molecule has 24 heavy (non-hydrogen) atoms. The molecule has 1 aromatic rings. The Morgan fingerprint density at radius 1 is 1.29 bits per heavy atom. The number of anilines is 1. The van der Waals surface area contributed by atoms with Gasteiger partial charge in [-0.2, -0.15) is 13.2 Å². The Labute approximate surface area is 135 Å². The number of carboxylic acids is 1. The Hall–Kier alpha value is -2.16. The number of hydrogen-bond donors (Lipinski definition) is 3. The number of aliphatic carboxylic acids is 1. The number of nitrogens with one attached hydrogen (secondary N) is 1. The van der Waals surface area contributed by atoms with Crippen LogP contribution in [-0.4, -0.2) is 29.2 Å². The molecule has 3 atom stereocenters. The van der Waals surface area contributed by atoms with Gasteiger partial charge in [-0.05, 0) is 24.1 Å². The fraction of sp³-hybridized carbons (Fsp3) is 0.467. The molecule has 0 spiro atoms. The molecule has 0 radical (unpaired) electrons. The highest BCUT2D eigenvalue weighted by Gasteiger charge is 2.42. The minimum absolute atomic E-state index is 0.0729. The molecule has 0 aliphatic carbocycles. The van der Waals surface area contributed by atoms with Crippen molar-refractivity contribution in [3.8, 4) is 0 Å². The zero-order chi connectivity index (χ0) is 18.7. The molecule has 0 saturated heterocycles. The fourth-order valence-corrected chi connectivity index (χ4v) is 1.88. The third-order valence-electron chi connectivity index (χ3n) is 3.61. The number of benzene rings is 1. The summed E-state index contributed by atoms with van der Waals surface area (Å²) in [4.78, 5) is 22.6. The molecule has 0 heterocycles. The van der Waals surface area contributed by atoms with Gasteiger partial charge in [-0.1, -0.05) is 19.9 Å². The molecule has 1 aromatic carbocycles. The van der Waals surface area contributed by atoms with E-state index in [4.69, 9.17) is 10.8 Å². The Bertz CT molecular complexity index is 619. The van der Waals surface area contributed by atoms with Gasteiger partial charge in [0.2, 0.25) is 5.91 Å². The Morgan fingerprint density at radius 2 is 1.88 bits per heavy atom. The lowest BCUT2D eigenvalue weighted by atomic mass is 10.00. The van der Waals surface area contributed by atoms with Gasteiger partial charge in [-0.25, -0.2) is 4.39 Å². The van der Waals surface area contributed by atoms with Crippen LogP contribution in [0.3, 0.4) is 0 Å². The SMILES string of the molecule is CC([C@H](N)C(=O)Nc1cc(C[C@H](C)C(=O)O)ccc1F)C(F)(F)F. The molecule has 1 amide bonds. The number of carbonyl (C=O) groups is 2. The normalized spacial score (nSPS) is 15.5. The quantitative estimate of drug-likeness (QED) is 0.688. The largest absolute Gasteiger partial charge is 0.481 e. The van der Waals surface area contributed by atoms with Crippen LogP contribution in [0.5, 0.6) is 0 Å². The summed E-state index contributed by atoms with van der Waals surface area (Å²) in [6.07, 6.45) is -4.59. The highest BCUT2D eigenvalue weighted by atomic mass is 19.4. The monoisotopic (exact) mass is 350 g/mol. The summed E-state index contributed by atoms with van der Waals surface area (Å²) in [5, 5.41) is 10.9. The van der Waals surface area contributed by atoms with Crippen molar-refractivity contribution in [1.82, 2.24) is 0 Å². The molecule has 9 heteroatoms. The van der Waals surface area contributed by atoms with Gasteiger partial charge in [-0.3, -0.25) is 9.59 Å². The van der Waals surface area contributed by atoms with Crippen molar-refractivity contribution in [2.24, 2.45) is 17.6 Å². The van der Waals surface area contributed by atoms with Crippen molar-refractivity contribution in [2.45, 2.75) is 32.5 Å². The third-order valence-corrected chi connectivity index (χ3v) is 3.61. The number of alkyl halides is 3. The average molecular weight is 350 g/mol. The van der Waals surface area contributed by atoms with Crippen molar-refractivity contribution in [2.75, 3.05) is 5.32 Å². The van der Waals surface area contributed by atoms with Crippen molar-refractivity contribution >= 4 is 17.6 Å². The number of halogens is 4. The van der Waals surface area contributed by atoms with E-state index in [1.807, 2.05) is 5.32 Å². The molecule has 5 nitrogen and oxygen atoms in total.